The number of nitrogens with zero attached hydrogens (tertiary/aromatic N) is 4. The highest BCUT2D eigenvalue weighted by Gasteiger charge is 2.33. The smallest absolute Gasteiger partial charge is 0.250 e. The summed E-state index contributed by atoms with van der Waals surface area (Å²) in [5.41, 5.74) is 2.71. The molecule has 2 N–H and O–H groups in total. The van der Waals surface area contributed by atoms with E-state index >= 15 is 0 Å². The van der Waals surface area contributed by atoms with Crippen LogP contribution in [0.4, 0.5) is 5.82 Å². The number of phenols is 1. The van der Waals surface area contributed by atoms with Gasteiger partial charge in [-0.3, -0.25) is 4.79 Å². The maximum absolute atomic E-state index is 11.9. The third-order valence-electron chi connectivity index (χ3n) is 6.96. The van der Waals surface area contributed by atoms with E-state index in [1.54, 1.807) is 25.4 Å². The number of aromatic hydroxyl groups is 1. The summed E-state index contributed by atoms with van der Waals surface area (Å²) in [6, 6.07) is 14.4. The molecule has 4 heterocycles. The van der Waals surface area contributed by atoms with Crippen LogP contribution in [0.5, 0.6) is 5.75 Å². The van der Waals surface area contributed by atoms with E-state index in [1.165, 1.54) is 23.8 Å². The third kappa shape index (κ3) is 4.00. The lowest BCUT2D eigenvalue weighted by molar-refractivity contribution is 0.219. The number of hydrogen-bond acceptors (Lipinski definition) is 6. The number of rotatable bonds is 4. The van der Waals surface area contributed by atoms with E-state index in [0.29, 0.717) is 29.4 Å². The minimum atomic E-state index is -0.0889. The standard InChI is InChI=1S/C25H29N5O2/c1-29-11-10-17(13-25(29)32)16-6-7-21(23(31)12-16)22-8-9-24(28-27-22)30(2)20-14-18-4-3-5-19(15-20)26-18/h6-13,18-20,26,31H,3-5,14-15H2,1-2H3/t18-,19+,20-. The van der Waals surface area contributed by atoms with Crippen LogP contribution in [0, 0.1) is 0 Å². The predicted octanol–water partition coefficient (Wildman–Crippen LogP) is 3.32. The molecular formula is C25H29N5O2. The van der Waals surface area contributed by atoms with Crippen molar-refractivity contribution in [1.29, 1.82) is 0 Å². The van der Waals surface area contributed by atoms with E-state index in [9.17, 15) is 9.90 Å². The Bertz CT molecular complexity index is 1160. The Hall–Kier alpha value is -3.19. The van der Waals surface area contributed by atoms with Crippen LogP contribution in [0.1, 0.15) is 32.1 Å². The molecule has 0 unspecified atom stereocenters. The van der Waals surface area contributed by atoms with Crippen LogP contribution in [-0.2, 0) is 7.05 Å². The van der Waals surface area contributed by atoms with Gasteiger partial charge in [-0.25, -0.2) is 0 Å². The number of nitrogens with one attached hydrogen (secondary N) is 1. The van der Waals surface area contributed by atoms with Gasteiger partial charge in [-0.2, -0.15) is 0 Å². The summed E-state index contributed by atoms with van der Waals surface area (Å²) in [7, 11) is 3.81. The molecule has 5 rings (SSSR count). The largest absolute Gasteiger partial charge is 0.507 e. The monoisotopic (exact) mass is 431 g/mol. The fraction of sp³-hybridized carbons (Fsp3) is 0.400. The zero-order valence-electron chi connectivity index (χ0n) is 18.5. The molecular weight excluding hydrogens is 402 g/mol. The molecule has 7 heteroatoms. The minimum absolute atomic E-state index is 0.0889. The molecule has 7 nitrogen and oxygen atoms in total. The summed E-state index contributed by atoms with van der Waals surface area (Å²) in [5, 5.41) is 23.2. The summed E-state index contributed by atoms with van der Waals surface area (Å²) in [4.78, 5) is 14.2. The molecule has 0 amide bonds. The number of benzene rings is 1. The van der Waals surface area contributed by atoms with E-state index < -0.39 is 0 Å². The van der Waals surface area contributed by atoms with Crippen molar-refractivity contribution in [3.63, 3.8) is 0 Å². The van der Waals surface area contributed by atoms with Gasteiger partial charge in [0.25, 0.3) is 5.56 Å². The Labute approximate surface area is 187 Å². The SMILES string of the molecule is CN(c1ccc(-c2ccc(-c3ccn(C)c(=O)c3)cc2O)nn1)[C@@H]1C[C@H]2CCC[C@@H](C1)N2. The van der Waals surface area contributed by atoms with Crippen LogP contribution in [0.2, 0.25) is 0 Å². The van der Waals surface area contributed by atoms with Gasteiger partial charge in [0, 0.05) is 50.0 Å². The maximum atomic E-state index is 11.9. The van der Waals surface area contributed by atoms with Crippen LogP contribution in [0.15, 0.2) is 53.5 Å². The molecule has 0 aliphatic carbocycles. The topological polar surface area (TPSA) is 83.3 Å². The molecule has 166 valence electrons. The molecule has 0 saturated carbocycles. The van der Waals surface area contributed by atoms with Crippen molar-refractivity contribution in [2.75, 3.05) is 11.9 Å². The predicted molar refractivity (Wildman–Crippen MR) is 126 cm³/mol. The first-order valence-corrected chi connectivity index (χ1v) is 11.3. The molecule has 3 atom stereocenters. The average Bonchev–Trinajstić information content (AvgIpc) is 2.80. The lowest BCUT2D eigenvalue weighted by Crippen LogP contribution is -2.54. The molecule has 2 bridgehead atoms. The molecule has 2 fully saturated rings. The van der Waals surface area contributed by atoms with E-state index in [4.69, 9.17) is 0 Å². The molecule has 1 aromatic carbocycles. The van der Waals surface area contributed by atoms with Gasteiger partial charge >= 0.3 is 0 Å². The van der Waals surface area contributed by atoms with Crippen molar-refractivity contribution in [1.82, 2.24) is 20.1 Å². The first kappa shape index (κ1) is 20.7. The number of pyridine rings is 1. The number of piperidine rings is 2. The van der Waals surface area contributed by atoms with Gasteiger partial charge in [0.1, 0.15) is 5.75 Å². The number of aromatic nitrogens is 3. The van der Waals surface area contributed by atoms with Gasteiger partial charge in [0.2, 0.25) is 0 Å². The molecule has 2 aliphatic heterocycles. The van der Waals surface area contributed by atoms with Crippen LogP contribution >= 0.6 is 0 Å². The fourth-order valence-corrected chi connectivity index (χ4v) is 5.05. The molecule has 2 aliphatic rings. The maximum Gasteiger partial charge on any atom is 0.250 e. The molecule has 2 saturated heterocycles. The van der Waals surface area contributed by atoms with Crippen molar-refractivity contribution in [3.05, 3.63) is 59.0 Å². The highest BCUT2D eigenvalue weighted by molar-refractivity contribution is 5.74. The van der Waals surface area contributed by atoms with Crippen molar-refractivity contribution in [2.45, 2.75) is 50.2 Å². The Morgan fingerprint density at radius 1 is 1.03 bits per heavy atom. The van der Waals surface area contributed by atoms with Crippen molar-refractivity contribution >= 4 is 5.82 Å². The van der Waals surface area contributed by atoms with Gasteiger partial charge in [0.05, 0.1) is 5.69 Å². The summed E-state index contributed by atoms with van der Waals surface area (Å²) in [5.74, 6) is 0.972. The lowest BCUT2D eigenvalue weighted by atomic mass is 9.83. The molecule has 3 aromatic rings. The number of hydrogen-bond donors (Lipinski definition) is 2. The molecule has 0 spiro atoms. The molecule has 32 heavy (non-hydrogen) atoms. The summed E-state index contributed by atoms with van der Waals surface area (Å²) in [6.45, 7) is 0. The van der Waals surface area contributed by atoms with Gasteiger partial charge < -0.3 is 19.9 Å². The number of fused-ring (bicyclic) bond motifs is 2. The van der Waals surface area contributed by atoms with Crippen LogP contribution in [-0.4, -0.2) is 45.0 Å². The van der Waals surface area contributed by atoms with Crippen molar-refractivity contribution in [3.8, 4) is 28.1 Å². The first-order chi connectivity index (χ1) is 15.5. The Balaban J connectivity index is 1.34. The van der Waals surface area contributed by atoms with Crippen LogP contribution in [0.3, 0.4) is 0 Å². The van der Waals surface area contributed by atoms with Crippen LogP contribution in [0.25, 0.3) is 22.4 Å². The Kier molecular flexibility index (Phi) is 5.43. The third-order valence-corrected chi connectivity index (χ3v) is 6.96. The normalized spacial score (nSPS) is 22.5. The molecule has 0 radical (unpaired) electrons. The quantitative estimate of drug-likeness (QED) is 0.659. The summed E-state index contributed by atoms with van der Waals surface area (Å²) < 4.78 is 1.52. The number of phenolic OH excluding ortho intramolecular Hbond substituents is 1. The lowest BCUT2D eigenvalue weighted by Gasteiger charge is -2.43. The number of anilines is 1. The Morgan fingerprint density at radius 3 is 2.44 bits per heavy atom. The fourth-order valence-electron chi connectivity index (χ4n) is 5.05. The van der Waals surface area contributed by atoms with E-state index in [2.05, 4.69) is 27.5 Å². The van der Waals surface area contributed by atoms with E-state index in [0.717, 1.165) is 29.8 Å². The number of aryl methyl sites for hydroxylation is 1. The first-order valence-electron chi connectivity index (χ1n) is 11.3. The van der Waals surface area contributed by atoms with Crippen LogP contribution < -0.4 is 15.8 Å². The second-order valence-electron chi connectivity index (χ2n) is 9.10. The summed E-state index contributed by atoms with van der Waals surface area (Å²) in [6.07, 6.45) is 7.86. The summed E-state index contributed by atoms with van der Waals surface area (Å²) >= 11 is 0. The zero-order chi connectivity index (χ0) is 22.2. The van der Waals surface area contributed by atoms with Gasteiger partial charge in [-0.1, -0.05) is 12.5 Å². The Morgan fingerprint density at radius 2 is 1.78 bits per heavy atom. The van der Waals surface area contributed by atoms with Crippen molar-refractivity contribution < 1.29 is 5.11 Å². The highest BCUT2D eigenvalue weighted by atomic mass is 16.3. The average molecular weight is 432 g/mol. The second kappa shape index (κ2) is 8.39. The van der Waals surface area contributed by atoms with Gasteiger partial charge in [-0.15, -0.1) is 10.2 Å². The second-order valence-corrected chi connectivity index (χ2v) is 9.10. The molecule has 2 aromatic heterocycles. The highest BCUT2D eigenvalue weighted by Crippen LogP contribution is 2.33. The zero-order valence-corrected chi connectivity index (χ0v) is 18.5. The van der Waals surface area contributed by atoms with Gasteiger partial charge in [0.15, 0.2) is 5.82 Å². The van der Waals surface area contributed by atoms with E-state index in [1.807, 2.05) is 30.3 Å². The van der Waals surface area contributed by atoms with E-state index in [-0.39, 0.29) is 11.3 Å². The van der Waals surface area contributed by atoms with Gasteiger partial charge in [-0.05, 0) is 67.1 Å². The minimum Gasteiger partial charge on any atom is -0.507 e. The van der Waals surface area contributed by atoms with Crippen molar-refractivity contribution in [2.24, 2.45) is 7.05 Å².